The maximum Gasteiger partial charge on any atom is 0.275 e. The maximum absolute atomic E-state index is 11.6. The zero-order valence-electron chi connectivity index (χ0n) is 8.94. The van der Waals surface area contributed by atoms with E-state index in [1.807, 2.05) is 0 Å². The zero-order chi connectivity index (χ0) is 12.7. The normalized spacial score (nSPS) is 10.9. The van der Waals surface area contributed by atoms with Gasteiger partial charge in [-0.2, -0.15) is 5.10 Å². The number of aromatic hydroxyl groups is 1. The van der Waals surface area contributed by atoms with Crippen molar-refractivity contribution in [3.8, 4) is 17.1 Å². The Morgan fingerprint density at radius 2 is 2.11 bits per heavy atom. The molecule has 7 heteroatoms. The molecule has 0 aliphatic rings. The van der Waals surface area contributed by atoms with E-state index in [2.05, 4.69) is 20.2 Å². The molecule has 18 heavy (non-hydrogen) atoms. The predicted molar refractivity (Wildman–Crippen MR) is 66.6 cm³/mol. The number of nitrogens with one attached hydrogen (secondary N) is 2. The summed E-state index contributed by atoms with van der Waals surface area (Å²) in [5.74, 6) is 0.500. The summed E-state index contributed by atoms with van der Waals surface area (Å²) in [6.45, 7) is 0. The van der Waals surface area contributed by atoms with Crippen molar-refractivity contribution in [2.45, 2.75) is 0 Å². The highest BCUT2D eigenvalue weighted by atomic mass is 35.5. The van der Waals surface area contributed by atoms with Gasteiger partial charge in [-0.05, 0) is 18.2 Å². The van der Waals surface area contributed by atoms with Gasteiger partial charge in [-0.3, -0.25) is 4.79 Å². The summed E-state index contributed by atoms with van der Waals surface area (Å²) in [7, 11) is 0. The molecule has 90 valence electrons. The molecule has 2 heterocycles. The molecule has 0 unspecified atom stereocenters. The number of aromatic amines is 2. The van der Waals surface area contributed by atoms with Crippen molar-refractivity contribution < 1.29 is 5.11 Å². The summed E-state index contributed by atoms with van der Waals surface area (Å²) in [5, 5.41) is 15.4. The fourth-order valence-electron chi connectivity index (χ4n) is 1.68. The van der Waals surface area contributed by atoms with Gasteiger partial charge >= 0.3 is 0 Å². The van der Waals surface area contributed by atoms with Gasteiger partial charge in [-0.1, -0.05) is 11.6 Å². The Morgan fingerprint density at radius 3 is 2.94 bits per heavy atom. The molecule has 1 aromatic carbocycles. The number of phenols is 1. The summed E-state index contributed by atoms with van der Waals surface area (Å²) in [4.78, 5) is 18.8. The summed E-state index contributed by atoms with van der Waals surface area (Å²) in [5.41, 5.74) is 1.20. The lowest BCUT2D eigenvalue weighted by atomic mass is 10.3. The summed E-state index contributed by atoms with van der Waals surface area (Å²) >= 11 is 5.73. The van der Waals surface area contributed by atoms with Crippen molar-refractivity contribution in [3.05, 3.63) is 39.8 Å². The van der Waals surface area contributed by atoms with Crippen LogP contribution < -0.4 is 5.56 Å². The van der Waals surface area contributed by atoms with Crippen LogP contribution in [-0.4, -0.2) is 25.3 Å². The molecule has 3 aromatic rings. The first-order chi connectivity index (χ1) is 8.63. The monoisotopic (exact) mass is 262 g/mol. The minimum atomic E-state index is -0.386. The first kappa shape index (κ1) is 10.8. The number of nitrogens with zero attached hydrogens (tertiary/aromatic N) is 2. The molecule has 0 bridgehead atoms. The predicted octanol–water partition coefficient (Wildman–Crippen LogP) is 1.67. The van der Waals surface area contributed by atoms with Gasteiger partial charge in [0.25, 0.3) is 5.56 Å². The van der Waals surface area contributed by atoms with Crippen LogP contribution in [0.1, 0.15) is 0 Å². The van der Waals surface area contributed by atoms with E-state index in [1.165, 1.54) is 18.2 Å². The lowest BCUT2D eigenvalue weighted by Gasteiger charge is -1.94. The van der Waals surface area contributed by atoms with Gasteiger partial charge in [0.05, 0.1) is 16.6 Å². The minimum absolute atomic E-state index is 0.124. The second-order valence-electron chi connectivity index (χ2n) is 3.72. The fraction of sp³-hybridized carbons (Fsp3) is 0. The molecule has 0 saturated heterocycles. The molecular formula is C11H7ClN4O2. The average Bonchev–Trinajstić information content (AvgIpc) is 2.74. The van der Waals surface area contributed by atoms with Crippen molar-refractivity contribution in [1.29, 1.82) is 0 Å². The van der Waals surface area contributed by atoms with Crippen LogP contribution in [0.5, 0.6) is 5.75 Å². The number of imidazole rings is 1. The number of H-pyrrole nitrogens is 2. The Kier molecular flexibility index (Phi) is 2.31. The molecule has 3 N–H and O–H groups in total. The van der Waals surface area contributed by atoms with Crippen LogP contribution in [0.15, 0.2) is 29.1 Å². The largest absolute Gasteiger partial charge is 0.508 e. The van der Waals surface area contributed by atoms with Gasteiger partial charge in [0.1, 0.15) is 16.7 Å². The van der Waals surface area contributed by atoms with Gasteiger partial charge in [0, 0.05) is 6.07 Å². The Labute approximate surface area is 105 Å². The molecule has 0 amide bonds. The third-order valence-electron chi connectivity index (χ3n) is 2.49. The van der Waals surface area contributed by atoms with E-state index in [-0.39, 0.29) is 16.5 Å². The first-order valence-electron chi connectivity index (χ1n) is 5.08. The van der Waals surface area contributed by atoms with Crippen LogP contribution in [0.2, 0.25) is 5.15 Å². The highest BCUT2D eigenvalue weighted by Crippen LogP contribution is 2.22. The van der Waals surface area contributed by atoms with Gasteiger partial charge in [-0.25, -0.2) is 10.1 Å². The maximum atomic E-state index is 11.6. The van der Waals surface area contributed by atoms with E-state index in [0.29, 0.717) is 22.4 Å². The number of phenolic OH excluding ortho intramolecular Hbond substituents is 1. The smallest absolute Gasteiger partial charge is 0.275 e. The Hall–Kier alpha value is -2.34. The SMILES string of the molecule is O=c1[nH]nc(Cl)cc1-c1nc2ccc(O)cc2[nH]1. The summed E-state index contributed by atoms with van der Waals surface area (Å²) in [6.07, 6.45) is 0. The third kappa shape index (κ3) is 1.72. The number of hydrogen-bond acceptors (Lipinski definition) is 4. The molecule has 0 aliphatic heterocycles. The third-order valence-corrected chi connectivity index (χ3v) is 2.69. The molecule has 0 atom stereocenters. The van der Waals surface area contributed by atoms with Gasteiger partial charge in [-0.15, -0.1) is 0 Å². The summed E-state index contributed by atoms with van der Waals surface area (Å²) < 4.78 is 0. The lowest BCUT2D eigenvalue weighted by Crippen LogP contribution is -2.11. The zero-order valence-corrected chi connectivity index (χ0v) is 9.69. The van der Waals surface area contributed by atoms with Crippen molar-refractivity contribution in [3.63, 3.8) is 0 Å². The molecule has 0 fully saturated rings. The van der Waals surface area contributed by atoms with Crippen LogP contribution in [-0.2, 0) is 0 Å². The van der Waals surface area contributed by atoms with Crippen LogP contribution in [0.3, 0.4) is 0 Å². The molecule has 3 rings (SSSR count). The van der Waals surface area contributed by atoms with E-state index >= 15 is 0 Å². The molecule has 6 nitrogen and oxygen atoms in total. The fourth-order valence-corrected chi connectivity index (χ4v) is 1.83. The quantitative estimate of drug-likeness (QED) is 0.622. The van der Waals surface area contributed by atoms with Crippen LogP contribution >= 0.6 is 11.6 Å². The minimum Gasteiger partial charge on any atom is -0.508 e. The van der Waals surface area contributed by atoms with Gasteiger partial charge in [0.2, 0.25) is 0 Å². The van der Waals surface area contributed by atoms with Gasteiger partial charge < -0.3 is 10.1 Å². The number of hydrogen-bond donors (Lipinski definition) is 3. The molecular weight excluding hydrogens is 256 g/mol. The lowest BCUT2D eigenvalue weighted by molar-refractivity contribution is 0.476. The molecule has 2 aromatic heterocycles. The Balaban J connectivity index is 2.25. The molecule has 0 spiro atoms. The second-order valence-corrected chi connectivity index (χ2v) is 4.11. The van der Waals surface area contributed by atoms with Crippen molar-refractivity contribution in [1.82, 2.24) is 20.2 Å². The molecule has 0 aliphatic carbocycles. The molecule has 0 radical (unpaired) electrons. The number of benzene rings is 1. The van der Waals surface area contributed by atoms with Crippen LogP contribution in [0.4, 0.5) is 0 Å². The van der Waals surface area contributed by atoms with Crippen LogP contribution in [0.25, 0.3) is 22.4 Å². The van der Waals surface area contributed by atoms with Crippen molar-refractivity contribution in [2.24, 2.45) is 0 Å². The van der Waals surface area contributed by atoms with Crippen molar-refractivity contribution >= 4 is 22.6 Å². The van der Waals surface area contributed by atoms with Gasteiger partial charge in [0.15, 0.2) is 0 Å². The van der Waals surface area contributed by atoms with E-state index in [1.54, 1.807) is 6.07 Å². The molecule has 0 saturated carbocycles. The summed E-state index contributed by atoms with van der Waals surface area (Å²) in [6, 6.07) is 6.14. The standard InChI is InChI=1S/C11H7ClN4O2/c12-9-4-6(11(18)16-15-9)10-13-7-2-1-5(17)3-8(7)14-10/h1-4,17H,(H,13,14)(H,16,18). The number of aromatic nitrogens is 4. The van der Waals surface area contributed by atoms with Crippen molar-refractivity contribution in [2.75, 3.05) is 0 Å². The first-order valence-corrected chi connectivity index (χ1v) is 5.45. The van der Waals surface area contributed by atoms with E-state index in [9.17, 15) is 9.90 Å². The number of rotatable bonds is 1. The van der Waals surface area contributed by atoms with Crippen LogP contribution in [0, 0.1) is 0 Å². The van der Waals surface area contributed by atoms with E-state index in [4.69, 9.17) is 11.6 Å². The Morgan fingerprint density at radius 1 is 1.28 bits per heavy atom. The average molecular weight is 263 g/mol. The topological polar surface area (TPSA) is 94.7 Å². The highest BCUT2D eigenvalue weighted by Gasteiger charge is 2.10. The number of fused-ring (bicyclic) bond motifs is 1. The highest BCUT2D eigenvalue weighted by molar-refractivity contribution is 6.29. The second kappa shape index (κ2) is 3.85. The number of halogens is 1. The van der Waals surface area contributed by atoms with E-state index < -0.39 is 0 Å². The Bertz CT molecular complexity index is 793. The van der Waals surface area contributed by atoms with E-state index in [0.717, 1.165) is 0 Å².